The summed E-state index contributed by atoms with van der Waals surface area (Å²) in [5.41, 5.74) is 1.01. The predicted octanol–water partition coefficient (Wildman–Crippen LogP) is 1.60. The first-order chi connectivity index (χ1) is 15.3. The van der Waals surface area contributed by atoms with E-state index >= 15 is 0 Å². The summed E-state index contributed by atoms with van der Waals surface area (Å²) in [6.45, 7) is 4.44. The van der Waals surface area contributed by atoms with E-state index in [2.05, 4.69) is 16.0 Å². The van der Waals surface area contributed by atoms with Gasteiger partial charge in [-0.25, -0.2) is 0 Å². The number of benzene rings is 1. The first-order valence-electron chi connectivity index (χ1n) is 11.0. The molecule has 1 aliphatic heterocycles. The standard InChI is InChI=1S/C24H32N4O4/c1-16(2)11-20-23(30)26-14-19-10-9-18(32-19)13-25-21(12-17-7-5-4-6-8-17)24(31)28(3)15-22(29)27-20/h4-10,16,20-21,25H,11-15H2,1-3H3,(H,26,30)(H,27,29)/t20-,21-/m0/s1. The molecule has 32 heavy (non-hydrogen) atoms. The highest BCUT2D eigenvalue weighted by Gasteiger charge is 2.27. The molecule has 8 nitrogen and oxygen atoms in total. The third-order valence-electron chi connectivity index (χ3n) is 5.37. The van der Waals surface area contributed by atoms with Gasteiger partial charge in [-0.3, -0.25) is 19.7 Å². The molecule has 0 spiro atoms. The second kappa shape index (κ2) is 10.9. The molecule has 0 unspecified atom stereocenters. The molecule has 3 rings (SSSR count). The normalized spacial score (nSPS) is 21.0. The quantitative estimate of drug-likeness (QED) is 0.670. The average Bonchev–Trinajstić information content (AvgIpc) is 3.21. The van der Waals surface area contributed by atoms with Crippen molar-refractivity contribution in [1.82, 2.24) is 20.9 Å². The van der Waals surface area contributed by atoms with Crippen molar-refractivity contribution in [3.63, 3.8) is 0 Å². The van der Waals surface area contributed by atoms with E-state index in [1.165, 1.54) is 4.90 Å². The molecule has 2 aromatic rings. The van der Waals surface area contributed by atoms with Gasteiger partial charge in [0.05, 0.1) is 25.7 Å². The predicted molar refractivity (Wildman–Crippen MR) is 120 cm³/mol. The SMILES string of the molecule is CC(C)C[C@@H]1NC(=O)CN(C)C(=O)[C@H](Cc2ccccc2)NCc2ccc(o2)CNC1=O. The molecule has 172 valence electrons. The fourth-order valence-electron chi connectivity index (χ4n) is 3.73. The third-order valence-corrected chi connectivity index (χ3v) is 5.37. The van der Waals surface area contributed by atoms with Crippen LogP contribution in [0.2, 0.25) is 0 Å². The molecule has 2 atom stereocenters. The summed E-state index contributed by atoms with van der Waals surface area (Å²) < 4.78 is 5.82. The molecule has 2 heterocycles. The molecule has 0 saturated heterocycles. The smallest absolute Gasteiger partial charge is 0.242 e. The molecule has 0 saturated carbocycles. The van der Waals surface area contributed by atoms with Crippen molar-refractivity contribution < 1.29 is 18.8 Å². The van der Waals surface area contributed by atoms with Crippen LogP contribution in [0.1, 0.15) is 37.4 Å². The molecule has 2 bridgehead atoms. The van der Waals surface area contributed by atoms with E-state index in [4.69, 9.17) is 4.42 Å². The van der Waals surface area contributed by atoms with E-state index < -0.39 is 12.1 Å². The van der Waals surface area contributed by atoms with Gasteiger partial charge in [-0.05, 0) is 36.5 Å². The molecule has 0 radical (unpaired) electrons. The van der Waals surface area contributed by atoms with Crippen molar-refractivity contribution in [1.29, 1.82) is 0 Å². The highest BCUT2D eigenvalue weighted by Crippen LogP contribution is 2.12. The van der Waals surface area contributed by atoms with Crippen molar-refractivity contribution >= 4 is 17.7 Å². The summed E-state index contributed by atoms with van der Waals surface area (Å²) in [5, 5.41) is 8.89. The van der Waals surface area contributed by atoms with Crippen molar-refractivity contribution in [2.24, 2.45) is 5.92 Å². The Morgan fingerprint density at radius 2 is 1.69 bits per heavy atom. The van der Waals surface area contributed by atoms with Crippen LogP contribution in [-0.4, -0.2) is 48.3 Å². The minimum Gasteiger partial charge on any atom is -0.463 e. The van der Waals surface area contributed by atoms with Gasteiger partial charge in [-0.1, -0.05) is 44.2 Å². The van der Waals surface area contributed by atoms with E-state index in [9.17, 15) is 14.4 Å². The Morgan fingerprint density at radius 3 is 2.38 bits per heavy atom. The summed E-state index contributed by atoms with van der Waals surface area (Å²) in [5.74, 6) is 0.662. The van der Waals surface area contributed by atoms with Gasteiger partial charge in [0.15, 0.2) is 0 Å². The van der Waals surface area contributed by atoms with Gasteiger partial charge in [-0.2, -0.15) is 0 Å². The Labute approximate surface area is 188 Å². The highest BCUT2D eigenvalue weighted by molar-refractivity contribution is 5.91. The fourth-order valence-corrected chi connectivity index (χ4v) is 3.73. The molecule has 1 aromatic heterocycles. The number of amides is 3. The van der Waals surface area contributed by atoms with Crippen LogP contribution < -0.4 is 16.0 Å². The number of carbonyl (C=O) groups is 3. The largest absolute Gasteiger partial charge is 0.463 e. The van der Waals surface area contributed by atoms with Gasteiger partial charge < -0.3 is 20.0 Å². The van der Waals surface area contributed by atoms with Crippen LogP contribution in [0.25, 0.3) is 0 Å². The maximum atomic E-state index is 13.2. The van der Waals surface area contributed by atoms with E-state index in [1.54, 1.807) is 13.1 Å². The number of fused-ring (bicyclic) bond motifs is 2. The molecule has 0 fully saturated rings. The van der Waals surface area contributed by atoms with E-state index in [-0.39, 0.29) is 36.7 Å². The summed E-state index contributed by atoms with van der Waals surface area (Å²) in [4.78, 5) is 39.9. The molecule has 0 aliphatic carbocycles. The number of nitrogens with one attached hydrogen (secondary N) is 3. The summed E-state index contributed by atoms with van der Waals surface area (Å²) in [6.07, 6.45) is 0.978. The number of likely N-dealkylation sites (N-methyl/N-ethyl adjacent to an activating group) is 1. The molecule has 3 N–H and O–H groups in total. The average molecular weight is 441 g/mol. The molecule has 3 amide bonds. The monoisotopic (exact) mass is 440 g/mol. The molecule has 8 heteroatoms. The molecule has 1 aliphatic rings. The highest BCUT2D eigenvalue weighted by atomic mass is 16.3. The van der Waals surface area contributed by atoms with Gasteiger partial charge in [-0.15, -0.1) is 0 Å². The Kier molecular flexibility index (Phi) is 8.05. The zero-order valence-corrected chi connectivity index (χ0v) is 18.9. The maximum absolute atomic E-state index is 13.2. The zero-order valence-electron chi connectivity index (χ0n) is 18.9. The zero-order chi connectivity index (χ0) is 23.1. The Balaban J connectivity index is 1.82. The van der Waals surface area contributed by atoms with Crippen LogP contribution in [-0.2, 0) is 33.9 Å². The lowest BCUT2D eigenvalue weighted by Crippen LogP contribution is -2.52. The van der Waals surface area contributed by atoms with Crippen LogP contribution in [0.3, 0.4) is 0 Å². The van der Waals surface area contributed by atoms with Crippen LogP contribution >= 0.6 is 0 Å². The second-order valence-corrected chi connectivity index (χ2v) is 8.65. The van der Waals surface area contributed by atoms with Crippen molar-refractivity contribution in [3.05, 3.63) is 59.5 Å². The first-order valence-corrected chi connectivity index (χ1v) is 11.0. The number of hydrogen-bond donors (Lipinski definition) is 3. The van der Waals surface area contributed by atoms with Gasteiger partial charge in [0.25, 0.3) is 0 Å². The summed E-state index contributed by atoms with van der Waals surface area (Å²) in [7, 11) is 1.60. The topological polar surface area (TPSA) is 104 Å². The lowest BCUT2D eigenvalue weighted by Gasteiger charge is -2.25. The van der Waals surface area contributed by atoms with Gasteiger partial charge in [0, 0.05) is 7.05 Å². The van der Waals surface area contributed by atoms with Gasteiger partial charge in [0.1, 0.15) is 17.6 Å². The number of nitrogens with zero attached hydrogens (tertiary/aromatic N) is 1. The third kappa shape index (κ3) is 6.68. The summed E-state index contributed by atoms with van der Waals surface area (Å²) >= 11 is 0. The van der Waals surface area contributed by atoms with Crippen molar-refractivity contribution in [2.75, 3.05) is 13.6 Å². The first kappa shape index (κ1) is 23.5. The lowest BCUT2D eigenvalue weighted by molar-refractivity contribution is -0.137. The second-order valence-electron chi connectivity index (χ2n) is 8.65. The summed E-state index contributed by atoms with van der Waals surface area (Å²) in [6, 6.07) is 12.2. The minimum absolute atomic E-state index is 0.127. The Morgan fingerprint density at radius 1 is 1.00 bits per heavy atom. The number of carbonyl (C=O) groups excluding carboxylic acids is 3. The van der Waals surface area contributed by atoms with Crippen LogP contribution in [0.5, 0.6) is 0 Å². The van der Waals surface area contributed by atoms with Gasteiger partial charge in [0.2, 0.25) is 17.7 Å². The number of rotatable bonds is 4. The van der Waals surface area contributed by atoms with Crippen molar-refractivity contribution in [2.45, 2.75) is 51.9 Å². The van der Waals surface area contributed by atoms with E-state index in [1.807, 2.05) is 50.2 Å². The van der Waals surface area contributed by atoms with E-state index in [0.29, 0.717) is 30.9 Å². The number of furan rings is 1. The minimum atomic E-state index is -0.677. The Bertz CT molecular complexity index is 925. The molecular formula is C24H32N4O4. The van der Waals surface area contributed by atoms with Gasteiger partial charge >= 0.3 is 0 Å². The van der Waals surface area contributed by atoms with Crippen LogP contribution in [0, 0.1) is 5.92 Å². The molecule has 1 aromatic carbocycles. The van der Waals surface area contributed by atoms with E-state index in [0.717, 1.165) is 5.56 Å². The maximum Gasteiger partial charge on any atom is 0.242 e. The van der Waals surface area contributed by atoms with Crippen molar-refractivity contribution in [3.8, 4) is 0 Å². The molecular weight excluding hydrogens is 408 g/mol. The number of hydrogen-bond acceptors (Lipinski definition) is 5. The van der Waals surface area contributed by atoms with Crippen LogP contribution in [0.4, 0.5) is 0 Å². The lowest BCUT2D eigenvalue weighted by atomic mass is 10.0. The van der Waals surface area contributed by atoms with Crippen LogP contribution in [0.15, 0.2) is 46.9 Å². The fraction of sp³-hybridized carbons (Fsp3) is 0.458. The Hall–Kier alpha value is -3.13.